The Morgan fingerprint density at radius 2 is 1.81 bits per heavy atom. The Labute approximate surface area is 180 Å². The number of aromatic nitrogens is 1. The Balaban J connectivity index is 1.36. The van der Waals surface area contributed by atoms with E-state index in [0.29, 0.717) is 30.0 Å². The summed E-state index contributed by atoms with van der Waals surface area (Å²) in [6.07, 6.45) is 2.21. The van der Waals surface area contributed by atoms with Crippen molar-refractivity contribution in [1.82, 2.24) is 15.2 Å². The van der Waals surface area contributed by atoms with E-state index in [4.69, 9.17) is 0 Å². The first-order valence-corrected chi connectivity index (χ1v) is 9.85. The van der Waals surface area contributed by atoms with Crippen molar-refractivity contribution in [2.24, 2.45) is 7.05 Å². The molecule has 0 unspecified atom stereocenters. The molecule has 1 saturated heterocycles. The van der Waals surface area contributed by atoms with Crippen molar-refractivity contribution in [3.05, 3.63) is 65.6 Å². The minimum atomic E-state index is -1.71. The van der Waals surface area contributed by atoms with Crippen molar-refractivity contribution in [1.29, 1.82) is 0 Å². The molecule has 4 amide bonds. The van der Waals surface area contributed by atoms with Crippen LogP contribution >= 0.6 is 0 Å². The Hall–Kier alpha value is -3.82. The van der Waals surface area contributed by atoms with Crippen LogP contribution in [0.1, 0.15) is 12.0 Å². The highest BCUT2D eigenvalue weighted by Crippen LogP contribution is 2.25. The fraction of sp³-hybridized carbons (Fsp3) is 0.227. The molecule has 1 aliphatic heterocycles. The number of carbonyl (C=O) groups is 3. The Morgan fingerprint density at radius 1 is 1.12 bits per heavy atom. The van der Waals surface area contributed by atoms with Crippen LogP contribution in [0.25, 0.3) is 10.9 Å². The highest BCUT2D eigenvalue weighted by molar-refractivity contribution is 6.22. The number of urea groups is 1. The van der Waals surface area contributed by atoms with Gasteiger partial charge in [0.2, 0.25) is 5.91 Å². The largest absolute Gasteiger partial charge is 0.356 e. The highest BCUT2D eigenvalue weighted by atomic mass is 19.2. The quantitative estimate of drug-likeness (QED) is 0.453. The van der Waals surface area contributed by atoms with Gasteiger partial charge in [0.15, 0.2) is 17.5 Å². The number of imide groups is 1. The van der Waals surface area contributed by atoms with Crippen molar-refractivity contribution in [3.63, 3.8) is 0 Å². The molecule has 1 aromatic heterocycles. The molecular weight excluding hydrogens is 425 g/mol. The minimum Gasteiger partial charge on any atom is -0.356 e. The summed E-state index contributed by atoms with van der Waals surface area (Å²) in [6, 6.07) is 6.81. The van der Waals surface area contributed by atoms with Gasteiger partial charge in [-0.2, -0.15) is 0 Å². The number of anilines is 1. The lowest BCUT2D eigenvalue weighted by atomic mass is 10.1. The minimum absolute atomic E-state index is 0.319. The lowest BCUT2D eigenvalue weighted by Gasteiger charge is -2.13. The third kappa shape index (κ3) is 3.91. The average molecular weight is 444 g/mol. The lowest BCUT2D eigenvalue weighted by Crippen LogP contribution is -2.37. The Bertz CT molecular complexity index is 1220. The number of nitrogens with zero attached hydrogens (tertiary/aromatic N) is 2. The summed E-state index contributed by atoms with van der Waals surface area (Å²) in [5.41, 5.74) is 1.67. The first-order chi connectivity index (χ1) is 15.3. The predicted octanol–water partition coefficient (Wildman–Crippen LogP) is 2.77. The van der Waals surface area contributed by atoms with Gasteiger partial charge in [0.25, 0.3) is 5.91 Å². The van der Waals surface area contributed by atoms with Gasteiger partial charge in [-0.05, 0) is 18.1 Å². The monoisotopic (exact) mass is 444 g/mol. The van der Waals surface area contributed by atoms with E-state index in [1.165, 1.54) is 0 Å². The molecule has 7 nitrogen and oxygen atoms in total. The van der Waals surface area contributed by atoms with Crippen LogP contribution < -0.4 is 15.5 Å². The van der Waals surface area contributed by atoms with Crippen LogP contribution in [0.4, 0.5) is 23.7 Å². The van der Waals surface area contributed by atoms with Crippen LogP contribution in [0.2, 0.25) is 0 Å². The number of fused-ring (bicyclic) bond motifs is 1. The topological polar surface area (TPSA) is 83.4 Å². The summed E-state index contributed by atoms with van der Waals surface area (Å²) in [7, 11) is 1.93. The third-order valence-corrected chi connectivity index (χ3v) is 5.33. The summed E-state index contributed by atoms with van der Waals surface area (Å²) in [6.45, 7) is 0.319. The molecule has 2 aromatic carbocycles. The molecule has 0 aliphatic carbocycles. The maximum atomic E-state index is 13.5. The number of hydrogen-bond acceptors (Lipinski definition) is 3. The van der Waals surface area contributed by atoms with Crippen LogP contribution in [0.3, 0.4) is 0 Å². The molecule has 2 heterocycles. The van der Waals surface area contributed by atoms with Crippen molar-refractivity contribution in [2.75, 3.05) is 11.4 Å². The van der Waals surface area contributed by atoms with Gasteiger partial charge in [0.1, 0.15) is 6.04 Å². The molecule has 0 saturated carbocycles. The molecule has 10 heteroatoms. The average Bonchev–Trinajstić information content (AvgIpc) is 3.21. The van der Waals surface area contributed by atoms with Crippen molar-refractivity contribution in [3.8, 4) is 0 Å². The summed E-state index contributed by atoms with van der Waals surface area (Å²) < 4.78 is 42.1. The molecule has 2 N–H and O–H groups in total. The molecule has 166 valence electrons. The van der Waals surface area contributed by atoms with E-state index in [1.54, 1.807) is 0 Å². The zero-order valence-electron chi connectivity index (χ0n) is 17.0. The third-order valence-electron chi connectivity index (χ3n) is 5.33. The van der Waals surface area contributed by atoms with E-state index >= 15 is 0 Å². The van der Waals surface area contributed by atoms with E-state index in [2.05, 4.69) is 10.6 Å². The van der Waals surface area contributed by atoms with E-state index < -0.39 is 47.0 Å². The predicted molar refractivity (Wildman–Crippen MR) is 110 cm³/mol. The van der Waals surface area contributed by atoms with Crippen LogP contribution in [0.15, 0.2) is 42.6 Å². The number of aryl methyl sites for hydroxylation is 1. The second kappa shape index (κ2) is 8.37. The molecular formula is C22H19F3N4O3. The van der Waals surface area contributed by atoms with Gasteiger partial charge in [0, 0.05) is 42.8 Å². The van der Waals surface area contributed by atoms with Gasteiger partial charge in [-0.3, -0.25) is 9.59 Å². The molecule has 0 spiro atoms. The number of benzene rings is 2. The number of carbonyl (C=O) groups excluding carboxylic acids is 3. The number of halogens is 3. The van der Waals surface area contributed by atoms with E-state index in [9.17, 15) is 27.6 Å². The molecule has 0 radical (unpaired) electrons. The van der Waals surface area contributed by atoms with Crippen LogP contribution in [-0.4, -0.2) is 35.0 Å². The Morgan fingerprint density at radius 3 is 2.53 bits per heavy atom. The maximum absolute atomic E-state index is 13.5. The molecule has 32 heavy (non-hydrogen) atoms. The molecule has 1 fully saturated rings. The van der Waals surface area contributed by atoms with E-state index in [1.807, 2.05) is 42.1 Å². The van der Waals surface area contributed by atoms with Gasteiger partial charge < -0.3 is 15.2 Å². The number of rotatable bonds is 6. The zero-order valence-corrected chi connectivity index (χ0v) is 17.0. The summed E-state index contributed by atoms with van der Waals surface area (Å²) >= 11 is 0. The Kier molecular flexibility index (Phi) is 5.60. The lowest BCUT2D eigenvalue weighted by molar-refractivity contribution is -0.125. The molecule has 1 aliphatic rings. The zero-order chi connectivity index (χ0) is 23.0. The van der Waals surface area contributed by atoms with Crippen molar-refractivity contribution in [2.45, 2.75) is 18.9 Å². The van der Waals surface area contributed by atoms with Gasteiger partial charge in [0.05, 0.1) is 12.1 Å². The van der Waals surface area contributed by atoms with Gasteiger partial charge in [-0.1, -0.05) is 18.2 Å². The van der Waals surface area contributed by atoms with Crippen molar-refractivity contribution >= 4 is 34.4 Å². The second-order valence-electron chi connectivity index (χ2n) is 7.49. The van der Waals surface area contributed by atoms with E-state index in [-0.39, 0.29) is 6.42 Å². The second-order valence-corrected chi connectivity index (χ2v) is 7.49. The fourth-order valence-corrected chi connectivity index (χ4v) is 3.80. The van der Waals surface area contributed by atoms with Gasteiger partial charge >= 0.3 is 6.03 Å². The maximum Gasteiger partial charge on any atom is 0.329 e. The number of amides is 4. The van der Waals surface area contributed by atoms with Gasteiger partial charge in [-0.25, -0.2) is 22.9 Å². The summed E-state index contributed by atoms with van der Waals surface area (Å²) in [4.78, 5) is 37.4. The van der Waals surface area contributed by atoms with Crippen LogP contribution in [0, 0.1) is 17.5 Å². The van der Waals surface area contributed by atoms with Gasteiger partial charge in [-0.15, -0.1) is 0 Å². The summed E-state index contributed by atoms with van der Waals surface area (Å²) in [5, 5.41) is 6.10. The van der Waals surface area contributed by atoms with E-state index in [0.717, 1.165) is 16.5 Å². The van der Waals surface area contributed by atoms with Crippen LogP contribution in [-0.2, 0) is 23.1 Å². The summed E-state index contributed by atoms with van der Waals surface area (Å²) in [5.74, 6) is -6.10. The smallest absolute Gasteiger partial charge is 0.329 e. The van der Waals surface area contributed by atoms with Crippen molar-refractivity contribution < 1.29 is 27.6 Å². The molecule has 0 bridgehead atoms. The SMILES string of the molecule is Cn1cc(CCNC(=O)C[C@@H]2NC(=O)N(c3cc(F)c(F)c(F)c3)C2=O)c2ccccc21. The molecule has 3 aromatic rings. The first-order valence-electron chi connectivity index (χ1n) is 9.85. The standard InChI is InChI=1S/C22H19F3N4O3/c1-28-11-12(14-4-2-3-5-18(14)28)6-7-26-19(30)10-17-21(31)29(22(32)27-17)13-8-15(23)20(25)16(24)9-13/h2-5,8-9,11,17H,6-7,10H2,1H3,(H,26,30)(H,27,32)/t17-/m0/s1. The van der Waals surface area contributed by atoms with Crippen LogP contribution in [0.5, 0.6) is 0 Å². The number of para-hydroxylation sites is 1. The first kappa shape index (κ1) is 21.4. The fourth-order valence-electron chi connectivity index (χ4n) is 3.80. The highest BCUT2D eigenvalue weighted by Gasteiger charge is 2.40. The number of nitrogens with one attached hydrogen (secondary N) is 2. The molecule has 1 atom stereocenters. The normalized spacial score (nSPS) is 16.0. The molecule has 4 rings (SSSR count). The number of hydrogen-bond donors (Lipinski definition) is 2.